The summed E-state index contributed by atoms with van der Waals surface area (Å²) in [6, 6.07) is 9.66. The van der Waals surface area contributed by atoms with E-state index in [1.807, 2.05) is 0 Å². The summed E-state index contributed by atoms with van der Waals surface area (Å²) in [6.45, 7) is 1.03. The number of esters is 1. The number of aryl methyl sites for hydroxylation is 1. The zero-order chi connectivity index (χ0) is 21.8. The first-order valence-electron chi connectivity index (χ1n) is 8.64. The summed E-state index contributed by atoms with van der Waals surface area (Å²) in [5.74, 6) is -2.58. The third-order valence-electron chi connectivity index (χ3n) is 4.19. The minimum absolute atomic E-state index is 0.0410. The van der Waals surface area contributed by atoms with Crippen LogP contribution in [0, 0.1) is 17.0 Å². The lowest BCUT2D eigenvalue weighted by Crippen LogP contribution is -2.29. The zero-order valence-electron chi connectivity index (χ0n) is 15.7. The highest BCUT2D eigenvalue weighted by Gasteiger charge is 2.25. The van der Waals surface area contributed by atoms with Crippen molar-refractivity contribution in [3.05, 3.63) is 75.9 Å². The second-order valence-electron chi connectivity index (χ2n) is 6.28. The molecule has 0 atom stereocenters. The van der Waals surface area contributed by atoms with Crippen LogP contribution in [-0.2, 0) is 19.1 Å². The van der Waals surface area contributed by atoms with E-state index in [1.54, 1.807) is 6.92 Å². The molecule has 2 aromatic carbocycles. The van der Waals surface area contributed by atoms with Gasteiger partial charge in [0.05, 0.1) is 21.9 Å². The number of hydrogen-bond acceptors (Lipinski definition) is 7. The van der Waals surface area contributed by atoms with E-state index in [4.69, 9.17) is 4.74 Å². The van der Waals surface area contributed by atoms with Crippen LogP contribution >= 0.6 is 0 Å². The van der Waals surface area contributed by atoms with Gasteiger partial charge in [-0.1, -0.05) is 12.1 Å². The Morgan fingerprint density at radius 2 is 1.80 bits per heavy atom. The van der Waals surface area contributed by atoms with Crippen molar-refractivity contribution in [3.63, 3.8) is 0 Å². The second-order valence-corrected chi connectivity index (χ2v) is 6.28. The van der Waals surface area contributed by atoms with Gasteiger partial charge in [0, 0.05) is 24.3 Å². The van der Waals surface area contributed by atoms with Crippen LogP contribution < -0.4 is 10.2 Å². The van der Waals surface area contributed by atoms with Crippen LogP contribution in [0.5, 0.6) is 0 Å². The number of anilines is 2. The Bertz CT molecular complexity index is 1090. The molecule has 1 N–H and O–H groups in total. The normalized spacial score (nSPS) is 12.8. The van der Waals surface area contributed by atoms with Crippen molar-refractivity contribution in [3.8, 4) is 0 Å². The highest BCUT2D eigenvalue weighted by molar-refractivity contribution is 6.28. The van der Waals surface area contributed by atoms with Crippen molar-refractivity contribution < 1.29 is 28.8 Å². The number of nitro groups is 1. The molecule has 0 saturated heterocycles. The van der Waals surface area contributed by atoms with Crippen LogP contribution in [0.1, 0.15) is 15.9 Å². The summed E-state index contributed by atoms with van der Waals surface area (Å²) in [6.07, 6.45) is 2.24. The van der Waals surface area contributed by atoms with Gasteiger partial charge in [-0.3, -0.25) is 24.5 Å². The fourth-order valence-corrected chi connectivity index (χ4v) is 2.69. The summed E-state index contributed by atoms with van der Waals surface area (Å²) in [4.78, 5) is 59.0. The Morgan fingerprint density at radius 1 is 1.10 bits per heavy atom. The Balaban J connectivity index is 1.63. The van der Waals surface area contributed by atoms with Gasteiger partial charge in [-0.2, -0.15) is 0 Å². The molecule has 0 fully saturated rings. The largest absolute Gasteiger partial charge is 0.452 e. The summed E-state index contributed by atoms with van der Waals surface area (Å²) >= 11 is 0. The van der Waals surface area contributed by atoms with Crippen LogP contribution in [0.4, 0.5) is 17.1 Å². The second kappa shape index (κ2) is 8.35. The number of carbonyl (C=O) groups is 4. The number of amides is 3. The quantitative estimate of drug-likeness (QED) is 0.334. The fourth-order valence-electron chi connectivity index (χ4n) is 2.69. The summed E-state index contributed by atoms with van der Waals surface area (Å²) in [5, 5.41) is 13.3. The van der Waals surface area contributed by atoms with E-state index >= 15 is 0 Å². The number of nitrogens with one attached hydrogen (secondary N) is 1. The minimum Gasteiger partial charge on any atom is -0.452 e. The molecule has 0 aliphatic carbocycles. The molecular weight excluding hydrogens is 394 g/mol. The molecule has 10 heteroatoms. The van der Waals surface area contributed by atoms with Gasteiger partial charge in [-0.05, 0) is 30.7 Å². The first-order chi connectivity index (χ1) is 14.3. The van der Waals surface area contributed by atoms with Crippen LogP contribution in [-0.4, -0.2) is 35.2 Å². The van der Waals surface area contributed by atoms with Gasteiger partial charge in [0.15, 0.2) is 6.61 Å². The van der Waals surface area contributed by atoms with Crippen LogP contribution in [0.25, 0.3) is 0 Å². The number of hydrogen-bond donors (Lipinski definition) is 1. The fraction of sp³-hybridized carbons (Fsp3) is 0.100. The maximum Gasteiger partial charge on any atom is 0.338 e. The van der Waals surface area contributed by atoms with E-state index in [9.17, 15) is 29.3 Å². The Morgan fingerprint density at radius 3 is 2.47 bits per heavy atom. The van der Waals surface area contributed by atoms with E-state index in [-0.39, 0.29) is 22.6 Å². The van der Waals surface area contributed by atoms with Crippen LogP contribution in [0.15, 0.2) is 54.6 Å². The predicted octanol–water partition coefficient (Wildman–Crippen LogP) is 2.13. The number of nitrogens with zero attached hydrogens (tertiary/aromatic N) is 2. The number of nitro benzene ring substituents is 1. The molecule has 0 spiro atoms. The first-order valence-corrected chi connectivity index (χ1v) is 8.64. The van der Waals surface area contributed by atoms with Crippen LogP contribution in [0.2, 0.25) is 0 Å². The van der Waals surface area contributed by atoms with E-state index in [2.05, 4.69) is 5.32 Å². The smallest absolute Gasteiger partial charge is 0.338 e. The summed E-state index contributed by atoms with van der Waals surface area (Å²) in [7, 11) is 0. The number of non-ortho nitro benzene ring substituents is 1. The van der Waals surface area contributed by atoms with Crippen molar-refractivity contribution >= 4 is 40.8 Å². The molecule has 0 radical (unpaired) electrons. The summed E-state index contributed by atoms with van der Waals surface area (Å²) in [5.41, 5.74) is 0.873. The van der Waals surface area contributed by atoms with E-state index in [0.717, 1.165) is 17.1 Å². The number of carbonyl (C=O) groups excluding carboxylic acids is 4. The molecule has 10 nitrogen and oxygen atoms in total. The standard InChI is InChI=1S/C20H15N3O7/c1-12-5-6-15(23(28)29)10-16(12)21-17(24)11-30-20(27)13-3-2-4-14(9-13)22-18(25)7-8-19(22)26/h2-10H,11H2,1H3,(H,21,24). The Hall–Kier alpha value is -4.34. The van der Waals surface area contributed by atoms with Gasteiger partial charge in [-0.15, -0.1) is 0 Å². The van der Waals surface area contributed by atoms with E-state index in [1.165, 1.54) is 42.5 Å². The lowest BCUT2D eigenvalue weighted by molar-refractivity contribution is -0.384. The molecule has 0 bridgehead atoms. The van der Waals surface area contributed by atoms with Gasteiger partial charge in [0.25, 0.3) is 23.4 Å². The molecule has 1 aliphatic rings. The van der Waals surface area contributed by atoms with Gasteiger partial charge in [-0.25, -0.2) is 9.69 Å². The Labute approximate surface area is 169 Å². The maximum absolute atomic E-state index is 12.2. The molecule has 0 saturated carbocycles. The topological polar surface area (TPSA) is 136 Å². The molecule has 0 unspecified atom stereocenters. The van der Waals surface area contributed by atoms with E-state index in [0.29, 0.717) is 5.56 Å². The van der Waals surface area contributed by atoms with Crippen molar-refractivity contribution in [2.24, 2.45) is 0 Å². The van der Waals surface area contributed by atoms with Gasteiger partial charge in [0.1, 0.15) is 0 Å². The highest BCUT2D eigenvalue weighted by Crippen LogP contribution is 2.22. The first kappa shape index (κ1) is 20.4. The molecule has 1 aliphatic heterocycles. The third kappa shape index (κ3) is 4.38. The molecule has 2 aromatic rings. The number of rotatable bonds is 6. The molecule has 0 aromatic heterocycles. The maximum atomic E-state index is 12.2. The van der Waals surface area contributed by atoms with Crippen molar-refractivity contribution in [2.75, 3.05) is 16.8 Å². The number of benzene rings is 2. The van der Waals surface area contributed by atoms with E-state index < -0.39 is 35.2 Å². The predicted molar refractivity (Wildman–Crippen MR) is 105 cm³/mol. The van der Waals surface area contributed by atoms with Crippen LogP contribution in [0.3, 0.4) is 0 Å². The van der Waals surface area contributed by atoms with Crippen molar-refractivity contribution in [1.29, 1.82) is 0 Å². The van der Waals surface area contributed by atoms with Crippen molar-refractivity contribution in [1.82, 2.24) is 0 Å². The molecular formula is C20H15N3O7. The number of imide groups is 1. The van der Waals surface area contributed by atoms with Gasteiger partial charge in [0.2, 0.25) is 0 Å². The average molecular weight is 409 g/mol. The highest BCUT2D eigenvalue weighted by atomic mass is 16.6. The lowest BCUT2D eigenvalue weighted by atomic mass is 10.2. The van der Waals surface area contributed by atoms with Gasteiger partial charge >= 0.3 is 5.97 Å². The molecule has 30 heavy (non-hydrogen) atoms. The van der Waals surface area contributed by atoms with Crippen molar-refractivity contribution in [2.45, 2.75) is 6.92 Å². The number of ether oxygens (including phenoxy) is 1. The molecule has 3 amide bonds. The van der Waals surface area contributed by atoms with Gasteiger partial charge < -0.3 is 10.1 Å². The average Bonchev–Trinajstić information content (AvgIpc) is 3.05. The third-order valence-corrected chi connectivity index (χ3v) is 4.19. The SMILES string of the molecule is Cc1ccc([N+](=O)[O-])cc1NC(=O)COC(=O)c1cccc(N2C(=O)C=CC2=O)c1. The molecule has 152 valence electrons. The zero-order valence-corrected chi connectivity index (χ0v) is 15.7. The monoisotopic (exact) mass is 409 g/mol. The molecule has 1 heterocycles. The Kier molecular flexibility index (Phi) is 5.68. The lowest BCUT2D eigenvalue weighted by Gasteiger charge is -2.14. The summed E-state index contributed by atoms with van der Waals surface area (Å²) < 4.78 is 4.96. The minimum atomic E-state index is -0.838. The molecule has 3 rings (SSSR count).